The van der Waals surface area contributed by atoms with Gasteiger partial charge < -0.3 is 19.9 Å². The van der Waals surface area contributed by atoms with Gasteiger partial charge in [-0.25, -0.2) is 4.98 Å². The molecule has 0 fully saturated rings. The van der Waals surface area contributed by atoms with Crippen molar-refractivity contribution >= 4 is 29.0 Å². The van der Waals surface area contributed by atoms with Gasteiger partial charge >= 0.3 is 0 Å². The van der Waals surface area contributed by atoms with E-state index >= 15 is 0 Å². The smallest absolute Gasteiger partial charge is 0.229 e. The van der Waals surface area contributed by atoms with Gasteiger partial charge in [-0.1, -0.05) is 18.2 Å². The van der Waals surface area contributed by atoms with Gasteiger partial charge in [-0.2, -0.15) is 4.98 Å². The Labute approximate surface area is 151 Å². The lowest BCUT2D eigenvalue weighted by Gasteiger charge is -2.27. The Morgan fingerprint density at radius 1 is 1.27 bits per heavy atom. The second kappa shape index (κ2) is 6.51. The highest BCUT2D eigenvalue weighted by Crippen LogP contribution is 2.35. The van der Waals surface area contributed by atoms with Gasteiger partial charge in [-0.05, 0) is 24.3 Å². The molecule has 0 radical (unpaired) electrons. The first kappa shape index (κ1) is 16.1. The fraction of sp³-hybridized carbons (Fsp3) is 0.211. The van der Waals surface area contributed by atoms with Crippen LogP contribution in [-0.4, -0.2) is 36.6 Å². The second-order valence-corrected chi connectivity index (χ2v) is 6.03. The van der Waals surface area contributed by atoms with E-state index < -0.39 is 0 Å². The number of carbonyl (C=O) groups is 1. The number of methoxy groups -OCH3 is 1. The Morgan fingerprint density at radius 3 is 2.81 bits per heavy atom. The fourth-order valence-electron chi connectivity index (χ4n) is 2.96. The number of hydrogen-bond acceptors (Lipinski definition) is 6. The van der Waals surface area contributed by atoms with Gasteiger partial charge in [0, 0.05) is 25.7 Å². The number of anilines is 4. The molecular formula is C19H19N5O2. The van der Waals surface area contributed by atoms with Gasteiger partial charge in [0.25, 0.3) is 0 Å². The number of carbonyl (C=O) groups excluding carboxylic acids is 1. The summed E-state index contributed by atoms with van der Waals surface area (Å²) in [5.41, 5.74) is 2.51. The number of allylic oxidation sites excluding steroid dienone is 3. The van der Waals surface area contributed by atoms with E-state index in [4.69, 9.17) is 9.72 Å². The van der Waals surface area contributed by atoms with Crippen molar-refractivity contribution in [1.82, 2.24) is 9.97 Å². The van der Waals surface area contributed by atoms with Crippen LogP contribution in [0.4, 0.5) is 23.1 Å². The van der Waals surface area contributed by atoms with Crippen LogP contribution in [-0.2, 0) is 4.79 Å². The lowest BCUT2D eigenvalue weighted by Crippen LogP contribution is -2.26. The first-order valence-electron chi connectivity index (χ1n) is 8.37. The summed E-state index contributed by atoms with van der Waals surface area (Å²) < 4.78 is 5.37. The molecule has 1 aromatic heterocycles. The zero-order valence-corrected chi connectivity index (χ0v) is 14.6. The predicted octanol–water partition coefficient (Wildman–Crippen LogP) is 2.86. The fourth-order valence-corrected chi connectivity index (χ4v) is 2.96. The SMILES string of the molecule is COc1ccccc1Nc1ncc2c(n1)N(C1=CC=C1)CCC(=O)N2C. The summed E-state index contributed by atoms with van der Waals surface area (Å²) in [5.74, 6) is 1.91. The standard InChI is InChI=1S/C19H19N5O2/c1-23-15-12-20-19(21-14-8-3-4-9-16(14)26-2)22-18(15)24(11-10-17(23)25)13-6-5-7-13/h3-9,12H,10-11H2,1-2H3,(H,20,21,22). The van der Waals surface area contributed by atoms with E-state index in [0.717, 1.165) is 11.4 Å². The van der Waals surface area contributed by atoms with Crippen LogP contribution in [0.1, 0.15) is 6.42 Å². The normalized spacial score (nSPS) is 15.8. The quantitative estimate of drug-likeness (QED) is 0.915. The molecule has 0 atom stereocenters. The molecule has 2 aliphatic rings. The first-order chi connectivity index (χ1) is 12.7. The summed E-state index contributed by atoms with van der Waals surface area (Å²) >= 11 is 0. The highest BCUT2D eigenvalue weighted by Gasteiger charge is 2.28. The maximum Gasteiger partial charge on any atom is 0.229 e. The molecule has 0 saturated heterocycles. The van der Waals surface area contributed by atoms with Crippen molar-refractivity contribution in [2.45, 2.75) is 6.42 Å². The van der Waals surface area contributed by atoms with Crippen molar-refractivity contribution in [1.29, 1.82) is 0 Å². The zero-order chi connectivity index (χ0) is 18.1. The summed E-state index contributed by atoms with van der Waals surface area (Å²) in [6.07, 6.45) is 8.09. The van der Waals surface area contributed by atoms with Crippen LogP contribution in [0.15, 0.2) is 54.4 Å². The molecule has 2 aromatic rings. The third kappa shape index (κ3) is 2.77. The number of nitrogens with zero attached hydrogens (tertiary/aromatic N) is 4. The molecule has 26 heavy (non-hydrogen) atoms. The molecule has 0 unspecified atom stereocenters. The van der Waals surface area contributed by atoms with E-state index in [1.807, 2.05) is 47.4 Å². The first-order valence-corrected chi connectivity index (χ1v) is 8.37. The van der Waals surface area contributed by atoms with Gasteiger partial charge in [-0.3, -0.25) is 4.79 Å². The van der Waals surface area contributed by atoms with Gasteiger partial charge in [0.1, 0.15) is 11.4 Å². The highest BCUT2D eigenvalue weighted by atomic mass is 16.5. The van der Waals surface area contributed by atoms with Gasteiger partial charge in [0.2, 0.25) is 11.9 Å². The Hall–Kier alpha value is -3.35. The third-order valence-corrected chi connectivity index (χ3v) is 4.49. The molecule has 0 saturated carbocycles. The van der Waals surface area contributed by atoms with Gasteiger partial charge in [-0.15, -0.1) is 0 Å². The zero-order valence-electron chi connectivity index (χ0n) is 14.6. The number of aromatic nitrogens is 2. The molecule has 1 aliphatic heterocycles. The van der Waals surface area contributed by atoms with Gasteiger partial charge in [0.05, 0.1) is 19.0 Å². The molecule has 7 heteroatoms. The van der Waals surface area contributed by atoms with Crippen LogP contribution < -0.4 is 19.9 Å². The van der Waals surface area contributed by atoms with Crippen LogP contribution in [0.5, 0.6) is 5.75 Å². The van der Waals surface area contributed by atoms with E-state index in [1.54, 1.807) is 25.3 Å². The monoisotopic (exact) mass is 349 g/mol. The largest absolute Gasteiger partial charge is 0.495 e. The minimum atomic E-state index is 0.0479. The van der Waals surface area contributed by atoms with Crippen molar-refractivity contribution in [3.63, 3.8) is 0 Å². The molecule has 7 nitrogen and oxygen atoms in total. The molecule has 132 valence electrons. The van der Waals surface area contributed by atoms with Crippen molar-refractivity contribution in [2.75, 3.05) is 35.8 Å². The summed E-state index contributed by atoms with van der Waals surface area (Å²) in [5, 5.41) is 3.20. The summed E-state index contributed by atoms with van der Waals surface area (Å²) in [6, 6.07) is 7.59. The predicted molar refractivity (Wildman–Crippen MR) is 101 cm³/mol. The molecule has 1 aliphatic carbocycles. The van der Waals surface area contributed by atoms with Crippen LogP contribution in [0, 0.1) is 0 Å². The van der Waals surface area contributed by atoms with E-state index in [0.29, 0.717) is 36.2 Å². The van der Waals surface area contributed by atoms with Crippen molar-refractivity contribution in [2.24, 2.45) is 0 Å². The molecular weight excluding hydrogens is 330 g/mol. The second-order valence-electron chi connectivity index (χ2n) is 6.03. The number of nitrogens with one attached hydrogen (secondary N) is 1. The molecule has 2 heterocycles. The summed E-state index contributed by atoms with van der Waals surface area (Å²) in [7, 11) is 3.38. The summed E-state index contributed by atoms with van der Waals surface area (Å²) in [4.78, 5) is 25.0. The Balaban J connectivity index is 1.73. The van der Waals surface area contributed by atoms with Crippen LogP contribution in [0.3, 0.4) is 0 Å². The number of fused-ring (bicyclic) bond motifs is 1. The number of ether oxygens (including phenoxy) is 1. The molecule has 1 amide bonds. The van der Waals surface area contributed by atoms with Crippen molar-refractivity contribution < 1.29 is 9.53 Å². The van der Waals surface area contributed by atoms with Crippen LogP contribution in [0.25, 0.3) is 0 Å². The third-order valence-electron chi connectivity index (χ3n) is 4.49. The van der Waals surface area contributed by atoms with Gasteiger partial charge in [0.15, 0.2) is 5.82 Å². The minimum absolute atomic E-state index is 0.0479. The lowest BCUT2D eigenvalue weighted by atomic mass is 10.2. The lowest BCUT2D eigenvalue weighted by molar-refractivity contribution is -0.118. The van der Waals surface area contributed by atoms with E-state index in [-0.39, 0.29) is 5.91 Å². The number of hydrogen-bond donors (Lipinski definition) is 1. The molecule has 1 aromatic carbocycles. The molecule has 1 N–H and O–H groups in total. The molecule has 0 bridgehead atoms. The van der Waals surface area contributed by atoms with Crippen LogP contribution >= 0.6 is 0 Å². The Kier molecular flexibility index (Phi) is 4.04. The van der Waals surface area contributed by atoms with E-state index in [9.17, 15) is 4.79 Å². The average Bonchev–Trinajstić information content (AvgIpc) is 2.73. The number of para-hydroxylation sites is 2. The van der Waals surface area contributed by atoms with Crippen molar-refractivity contribution in [3.8, 4) is 5.75 Å². The van der Waals surface area contributed by atoms with E-state index in [1.165, 1.54) is 0 Å². The highest BCUT2D eigenvalue weighted by molar-refractivity contribution is 5.97. The molecule has 0 spiro atoms. The number of rotatable bonds is 4. The Bertz CT molecular complexity index is 922. The summed E-state index contributed by atoms with van der Waals surface area (Å²) in [6.45, 7) is 0.581. The van der Waals surface area contributed by atoms with Crippen LogP contribution in [0.2, 0.25) is 0 Å². The topological polar surface area (TPSA) is 70.6 Å². The maximum absolute atomic E-state index is 12.3. The maximum atomic E-state index is 12.3. The minimum Gasteiger partial charge on any atom is -0.495 e. The van der Waals surface area contributed by atoms with Crippen molar-refractivity contribution in [3.05, 3.63) is 54.4 Å². The molecule has 4 rings (SSSR count). The Morgan fingerprint density at radius 2 is 2.08 bits per heavy atom. The van der Waals surface area contributed by atoms with E-state index in [2.05, 4.69) is 10.3 Å². The average molecular weight is 349 g/mol. The number of benzene rings is 1. The number of amides is 1.